The quantitative estimate of drug-likeness (QED) is 0.372. The maximum atomic E-state index is 12.7. The van der Waals surface area contributed by atoms with E-state index in [1.807, 2.05) is 50.2 Å². The van der Waals surface area contributed by atoms with Crippen LogP contribution in [0.3, 0.4) is 0 Å². The molecule has 10 nitrogen and oxygen atoms in total. The zero-order valence-electron chi connectivity index (χ0n) is 22.6. The molecule has 40 heavy (non-hydrogen) atoms. The zero-order chi connectivity index (χ0) is 28.1. The molecule has 208 valence electrons. The lowest BCUT2D eigenvalue weighted by atomic mass is 9.81. The Kier molecular flexibility index (Phi) is 7.95. The van der Waals surface area contributed by atoms with Crippen LogP contribution in [0, 0.1) is 11.3 Å². The summed E-state index contributed by atoms with van der Waals surface area (Å²) in [6.45, 7) is 5.45. The average Bonchev–Trinajstić information content (AvgIpc) is 2.93. The molecule has 0 radical (unpaired) electrons. The highest BCUT2D eigenvalue weighted by molar-refractivity contribution is 6.16. The summed E-state index contributed by atoms with van der Waals surface area (Å²) in [5.41, 5.74) is 0.0241. The van der Waals surface area contributed by atoms with Gasteiger partial charge >= 0.3 is 6.09 Å². The number of benzene rings is 1. The normalized spacial score (nSPS) is 17.4. The predicted molar refractivity (Wildman–Crippen MR) is 146 cm³/mol. The van der Waals surface area contributed by atoms with Gasteiger partial charge in [-0.2, -0.15) is 0 Å². The molecule has 2 saturated heterocycles. The van der Waals surface area contributed by atoms with Crippen molar-refractivity contribution in [3.8, 4) is 23.3 Å². The van der Waals surface area contributed by atoms with Crippen molar-refractivity contribution in [2.75, 3.05) is 24.6 Å². The van der Waals surface area contributed by atoms with Gasteiger partial charge in [0.1, 0.15) is 11.5 Å². The number of piperidine rings is 2. The fraction of sp³-hybridized carbons (Fsp3) is 0.367. The van der Waals surface area contributed by atoms with Crippen LogP contribution in [-0.4, -0.2) is 52.5 Å². The van der Waals surface area contributed by atoms with Gasteiger partial charge in [0.15, 0.2) is 0 Å². The summed E-state index contributed by atoms with van der Waals surface area (Å²) in [4.78, 5) is 48.8. The van der Waals surface area contributed by atoms with Crippen molar-refractivity contribution < 1.29 is 28.6 Å². The van der Waals surface area contributed by atoms with E-state index in [4.69, 9.17) is 14.2 Å². The summed E-state index contributed by atoms with van der Waals surface area (Å²) in [6.07, 6.45) is 4.73. The van der Waals surface area contributed by atoms with Crippen LogP contribution in [0.2, 0.25) is 0 Å². The van der Waals surface area contributed by atoms with Gasteiger partial charge in [-0.15, -0.1) is 0 Å². The Morgan fingerprint density at radius 1 is 0.900 bits per heavy atom. The lowest BCUT2D eigenvalue weighted by Crippen LogP contribution is -2.46. The van der Waals surface area contributed by atoms with Crippen molar-refractivity contribution in [3.63, 3.8) is 0 Å². The van der Waals surface area contributed by atoms with Gasteiger partial charge in [-0.1, -0.05) is 19.9 Å². The van der Waals surface area contributed by atoms with E-state index in [-0.39, 0.29) is 36.0 Å². The lowest BCUT2D eigenvalue weighted by Gasteiger charge is -2.34. The molecule has 0 spiro atoms. The molecular formula is C30H32N4O6. The van der Waals surface area contributed by atoms with Crippen molar-refractivity contribution in [1.29, 1.82) is 0 Å². The molecule has 0 N–H and O–H groups in total. The molecule has 0 unspecified atom stereocenters. The van der Waals surface area contributed by atoms with Crippen LogP contribution in [0.5, 0.6) is 23.3 Å². The summed E-state index contributed by atoms with van der Waals surface area (Å²) in [6, 6.07) is 16.0. The van der Waals surface area contributed by atoms with Gasteiger partial charge in [0, 0.05) is 44.3 Å². The monoisotopic (exact) mass is 544 g/mol. The summed E-state index contributed by atoms with van der Waals surface area (Å²) in [5.74, 6) is 1.88. The molecular weight excluding hydrogens is 512 g/mol. The van der Waals surface area contributed by atoms with Crippen LogP contribution in [0.25, 0.3) is 0 Å². The number of hydrogen-bond acceptors (Lipinski definition) is 8. The van der Waals surface area contributed by atoms with Crippen LogP contribution < -0.4 is 19.1 Å². The number of aromatic nitrogens is 2. The third-order valence-corrected chi connectivity index (χ3v) is 6.97. The Morgan fingerprint density at radius 2 is 1.60 bits per heavy atom. The number of hydrogen-bond donors (Lipinski definition) is 0. The fourth-order valence-corrected chi connectivity index (χ4v) is 4.81. The number of anilines is 1. The van der Waals surface area contributed by atoms with Gasteiger partial charge in [0.2, 0.25) is 23.6 Å². The molecule has 0 saturated carbocycles. The Hall–Kier alpha value is -4.47. The van der Waals surface area contributed by atoms with Crippen LogP contribution in [-0.2, 0) is 9.59 Å². The van der Waals surface area contributed by atoms with Gasteiger partial charge in [-0.05, 0) is 60.6 Å². The number of pyridine rings is 2. The van der Waals surface area contributed by atoms with Gasteiger partial charge in [-0.3, -0.25) is 9.59 Å². The lowest BCUT2D eigenvalue weighted by molar-refractivity contribution is -0.132. The summed E-state index contributed by atoms with van der Waals surface area (Å²) in [7, 11) is 0. The molecule has 2 aromatic heterocycles. The molecule has 4 heterocycles. The topological polar surface area (TPSA) is 111 Å². The predicted octanol–water partition coefficient (Wildman–Crippen LogP) is 5.24. The van der Waals surface area contributed by atoms with E-state index in [0.717, 1.165) is 23.5 Å². The maximum absolute atomic E-state index is 12.7. The number of rotatable bonds is 7. The van der Waals surface area contributed by atoms with Crippen LogP contribution >= 0.6 is 0 Å². The standard InChI is InChI=1S/C30H32N4O6/c1-30(2)17-27(35)34(28(36)18-30)22-6-11-26(32-19-22)40-29(37)33-15-12-21(13-16-33)20-38-23-7-9-24(10-8-23)39-25-5-3-4-14-31-25/h3-11,14,19,21H,12-13,15-18,20H2,1-2H3. The molecule has 3 amide bonds. The van der Waals surface area contributed by atoms with Crippen molar-refractivity contribution in [2.45, 2.75) is 39.5 Å². The molecule has 1 aromatic carbocycles. The van der Waals surface area contributed by atoms with Gasteiger partial charge in [0.25, 0.3) is 0 Å². The largest absolute Gasteiger partial charge is 0.493 e. The van der Waals surface area contributed by atoms with Crippen molar-refractivity contribution in [3.05, 3.63) is 67.0 Å². The van der Waals surface area contributed by atoms with Crippen LogP contribution in [0.4, 0.5) is 10.5 Å². The molecule has 2 aliphatic rings. The van der Waals surface area contributed by atoms with Crippen LogP contribution in [0.15, 0.2) is 67.0 Å². The molecule has 2 fully saturated rings. The summed E-state index contributed by atoms with van der Waals surface area (Å²) >= 11 is 0. The molecule has 5 rings (SSSR count). The Bertz CT molecular complexity index is 1320. The highest BCUT2D eigenvalue weighted by atomic mass is 16.6. The van der Waals surface area contributed by atoms with E-state index in [9.17, 15) is 14.4 Å². The van der Waals surface area contributed by atoms with Crippen LogP contribution in [0.1, 0.15) is 39.5 Å². The van der Waals surface area contributed by atoms with Gasteiger partial charge in [-0.25, -0.2) is 19.7 Å². The molecule has 3 aromatic rings. The first kappa shape index (κ1) is 27.1. The Balaban J connectivity index is 1.05. The third-order valence-electron chi connectivity index (χ3n) is 6.97. The fourth-order valence-electron chi connectivity index (χ4n) is 4.81. The molecule has 0 bridgehead atoms. The SMILES string of the molecule is CC1(C)CC(=O)N(c2ccc(OC(=O)N3CCC(COc4ccc(Oc5ccccn5)cc4)CC3)nc2)C(=O)C1. The molecule has 0 atom stereocenters. The second-order valence-corrected chi connectivity index (χ2v) is 10.8. The highest BCUT2D eigenvalue weighted by Gasteiger charge is 2.38. The molecule has 2 aliphatic heterocycles. The summed E-state index contributed by atoms with van der Waals surface area (Å²) in [5, 5.41) is 0. The maximum Gasteiger partial charge on any atom is 0.416 e. The van der Waals surface area contributed by atoms with E-state index in [1.165, 1.54) is 12.3 Å². The van der Waals surface area contributed by atoms with Crippen molar-refractivity contribution in [1.82, 2.24) is 14.9 Å². The number of ether oxygens (including phenoxy) is 3. The second kappa shape index (κ2) is 11.7. The first-order valence-corrected chi connectivity index (χ1v) is 13.4. The van der Waals surface area contributed by atoms with E-state index < -0.39 is 6.09 Å². The van der Waals surface area contributed by atoms with Crippen molar-refractivity contribution >= 4 is 23.6 Å². The number of nitrogens with zero attached hydrogens (tertiary/aromatic N) is 4. The minimum absolute atomic E-state index is 0.118. The molecule has 10 heteroatoms. The Morgan fingerprint density at radius 3 is 2.23 bits per heavy atom. The summed E-state index contributed by atoms with van der Waals surface area (Å²) < 4.78 is 17.1. The number of carbonyl (C=O) groups excluding carboxylic acids is 3. The number of likely N-dealkylation sites (tertiary alicyclic amines) is 1. The third kappa shape index (κ3) is 6.74. The van der Waals surface area contributed by atoms with E-state index in [0.29, 0.717) is 42.9 Å². The van der Waals surface area contributed by atoms with Gasteiger partial charge in [0.05, 0.1) is 18.5 Å². The van der Waals surface area contributed by atoms with E-state index in [2.05, 4.69) is 9.97 Å². The minimum atomic E-state index is -0.477. The van der Waals surface area contributed by atoms with Crippen molar-refractivity contribution in [2.24, 2.45) is 11.3 Å². The minimum Gasteiger partial charge on any atom is -0.493 e. The first-order valence-electron chi connectivity index (χ1n) is 13.4. The van der Waals surface area contributed by atoms with E-state index in [1.54, 1.807) is 23.2 Å². The smallest absolute Gasteiger partial charge is 0.416 e. The molecule has 0 aliphatic carbocycles. The van der Waals surface area contributed by atoms with Gasteiger partial charge < -0.3 is 19.1 Å². The second-order valence-electron chi connectivity index (χ2n) is 10.8. The number of amides is 3. The zero-order valence-corrected chi connectivity index (χ0v) is 22.6. The first-order chi connectivity index (χ1) is 19.3. The number of carbonyl (C=O) groups is 3. The van der Waals surface area contributed by atoms with E-state index >= 15 is 0 Å². The average molecular weight is 545 g/mol. The highest BCUT2D eigenvalue weighted by Crippen LogP contribution is 2.34. The number of imide groups is 1. The Labute approximate surface area is 232 Å².